The molecule has 1 heterocycles. The Bertz CT molecular complexity index is 759. The van der Waals surface area contributed by atoms with Crippen LogP contribution in [0.4, 0.5) is 0 Å². The fourth-order valence-electron chi connectivity index (χ4n) is 3.75. The minimum Gasteiger partial charge on any atom is -0.345 e. The molecule has 1 fully saturated rings. The summed E-state index contributed by atoms with van der Waals surface area (Å²) in [5.41, 5.74) is 8.22. The number of nitrogens with one attached hydrogen (secondary N) is 2. The lowest BCUT2D eigenvalue weighted by Gasteiger charge is -2.26. The van der Waals surface area contributed by atoms with Gasteiger partial charge in [-0.3, -0.25) is 20.4 Å². The van der Waals surface area contributed by atoms with E-state index in [-0.39, 0.29) is 11.8 Å². The van der Waals surface area contributed by atoms with E-state index < -0.39 is 0 Å². The molecule has 2 amide bonds. The molecule has 5 heteroatoms. The van der Waals surface area contributed by atoms with Gasteiger partial charge in [0.2, 0.25) is 0 Å². The summed E-state index contributed by atoms with van der Waals surface area (Å²) in [6, 6.07) is 11.2. The van der Waals surface area contributed by atoms with E-state index in [0.29, 0.717) is 17.2 Å². The van der Waals surface area contributed by atoms with Crippen LogP contribution in [0.15, 0.2) is 36.4 Å². The monoisotopic (exact) mass is 339 g/mol. The number of aromatic nitrogens is 1. The minimum atomic E-state index is -0.324. The number of rotatable bonds is 3. The summed E-state index contributed by atoms with van der Waals surface area (Å²) in [6.07, 6.45) is 6.13. The Morgan fingerprint density at radius 2 is 1.60 bits per heavy atom. The molecule has 132 valence electrons. The van der Waals surface area contributed by atoms with E-state index in [2.05, 4.69) is 15.4 Å². The van der Waals surface area contributed by atoms with Gasteiger partial charge in [-0.05, 0) is 44.9 Å². The van der Waals surface area contributed by atoms with E-state index in [1.54, 1.807) is 24.3 Å². The Morgan fingerprint density at radius 3 is 2.28 bits per heavy atom. The van der Waals surface area contributed by atoms with E-state index in [0.717, 1.165) is 11.4 Å². The molecule has 2 N–H and O–H groups in total. The number of carbonyl (C=O) groups excluding carboxylic acids is 2. The van der Waals surface area contributed by atoms with Gasteiger partial charge in [0.1, 0.15) is 0 Å². The summed E-state index contributed by atoms with van der Waals surface area (Å²) < 4.78 is 2.28. The first kappa shape index (κ1) is 17.3. The van der Waals surface area contributed by atoms with Crippen molar-refractivity contribution in [2.24, 2.45) is 0 Å². The molecule has 5 nitrogen and oxygen atoms in total. The van der Waals surface area contributed by atoms with Crippen LogP contribution in [0.3, 0.4) is 0 Å². The SMILES string of the molecule is Cc1cc(C(=O)NNC(=O)c2ccccc2)c(C)n1C1CCCCC1. The van der Waals surface area contributed by atoms with E-state index in [1.807, 2.05) is 26.0 Å². The first-order valence-corrected chi connectivity index (χ1v) is 8.92. The second-order valence-electron chi connectivity index (χ2n) is 6.72. The maximum Gasteiger partial charge on any atom is 0.271 e. The number of nitrogens with zero attached hydrogens (tertiary/aromatic N) is 1. The third-order valence-electron chi connectivity index (χ3n) is 4.99. The zero-order valence-electron chi connectivity index (χ0n) is 14.8. The van der Waals surface area contributed by atoms with Gasteiger partial charge >= 0.3 is 0 Å². The lowest BCUT2D eigenvalue weighted by atomic mass is 9.95. The van der Waals surface area contributed by atoms with Crippen LogP contribution < -0.4 is 10.9 Å². The molecule has 25 heavy (non-hydrogen) atoms. The predicted molar refractivity (Wildman–Crippen MR) is 97.4 cm³/mol. The molecule has 0 atom stereocenters. The Hall–Kier alpha value is -2.56. The van der Waals surface area contributed by atoms with Crippen molar-refractivity contribution in [2.45, 2.75) is 52.0 Å². The summed E-state index contributed by atoms with van der Waals surface area (Å²) in [5.74, 6) is -0.602. The van der Waals surface area contributed by atoms with Crippen molar-refractivity contribution in [3.63, 3.8) is 0 Å². The summed E-state index contributed by atoms with van der Waals surface area (Å²) in [5, 5.41) is 0. The highest BCUT2D eigenvalue weighted by atomic mass is 16.2. The average molecular weight is 339 g/mol. The molecule has 1 aliphatic carbocycles. The van der Waals surface area contributed by atoms with Crippen LogP contribution >= 0.6 is 0 Å². The third-order valence-corrected chi connectivity index (χ3v) is 4.99. The highest BCUT2D eigenvalue weighted by Crippen LogP contribution is 2.32. The lowest BCUT2D eigenvalue weighted by molar-refractivity contribution is 0.0846. The van der Waals surface area contributed by atoms with E-state index >= 15 is 0 Å². The maximum atomic E-state index is 12.5. The molecule has 0 unspecified atom stereocenters. The first-order valence-electron chi connectivity index (χ1n) is 8.92. The van der Waals surface area contributed by atoms with Gasteiger partial charge in [-0.2, -0.15) is 0 Å². The van der Waals surface area contributed by atoms with Crippen molar-refractivity contribution in [3.05, 3.63) is 58.9 Å². The van der Waals surface area contributed by atoms with Crippen molar-refractivity contribution >= 4 is 11.8 Å². The molecule has 1 saturated carbocycles. The largest absolute Gasteiger partial charge is 0.345 e. The van der Waals surface area contributed by atoms with Gasteiger partial charge in [-0.15, -0.1) is 0 Å². The van der Waals surface area contributed by atoms with Crippen LogP contribution in [-0.4, -0.2) is 16.4 Å². The standard InChI is InChI=1S/C20H25N3O2/c1-14-13-18(15(2)23(14)17-11-7-4-8-12-17)20(25)22-21-19(24)16-9-5-3-6-10-16/h3,5-6,9-10,13,17H,4,7-8,11-12H2,1-2H3,(H,21,24)(H,22,25). The molecule has 0 spiro atoms. The minimum absolute atomic E-state index is 0.278. The molecule has 2 aromatic rings. The van der Waals surface area contributed by atoms with Crippen LogP contribution in [0, 0.1) is 13.8 Å². The van der Waals surface area contributed by atoms with Gasteiger partial charge < -0.3 is 4.57 Å². The molecule has 0 bridgehead atoms. The Balaban J connectivity index is 1.69. The van der Waals surface area contributed by atoms with Crippen molar-refractivity contribution < 1.29 is 9.59 Å². The topological polar surface area (TPSA) is 63.1 Å². The highest BCUT2D eigenvalue weighted by Gasteiger charge is 2.22. The predicted octanol–water partition coefficient (Wildman–Crippen LogP) is 3.68. The fourth-order valence-corrected chi connectivity index (χ4v) is 3.75. The molecule has 3 rings (SSSR count). The number of amides is 2. The zero-order valence-corrected chi connectivity index (χ0v) is 14.8. The second-order valence-corrected chi connectivity index (χ2v) is 6.72. The molecular weight excluding hydrogens is 314 g/mol. The fraction of sp³-hybridized carbons (Fsp3) is 0.400. The molecule has 0 saturated heterocycles. The van der Waals surface area contributed by atoms with Crippen molar-refractivity contribution in [3.8, 4) is 0 Å². The van der Waals surface area contributed by atoms with Gasteiger partial charge in [0.05, 0.1) is 5.56 Å². The lowest BCUT2D eigenvalue weighted by Crippen LogP contribution is -2.41. The average Bonchev–Trinajstić information content (AvgIpc) is 2.95. The second kappa shape index (κ2) is 7.55. The van der Waals surface area contributed by atoms with Crippen LogP contribution in [0.25, 0.3) is 0 Å². The van der Waals surface area contributed by atoms with Crippen LogP contribution in [0.5, 0.6) is 0 Å². The Morgan fingerprint density at radius 1 is 0.960 bits per heavy atom. The zero-order chi connectivity index (χ0) is 17.8. The van der Waals surface area contributed by atoms with Gasteiger partial charge in [-0.1, -0.05) is 37.5 Å². The number of hydrogen-bond acceptors (Lipinski definition) is 2. The first-order chi connectivity index (χ1) is 12.1. The van der Waals surface area contributed by atoms with Crippen molar-refractivity contribution in [1.82, 2.24) is 15.4 Å². The number of hydrazine groups is 1. The summed E-state index contributed by atoms with van der Waals surface area (Å²) in [7, 11) is 0. The maximum absolute atomic E-state index is 12.5. The molecule has 0 radical (unpaired) electrons. The number of hydrogen-bond donors (Lipinski definition) is 2. The molecule has 1 aromatic heterocycles. The molecule has 1 aromatic carbocycles. The van der Waals surface area contributed by atoms with Gasteiger partial charge in [-0.25, -0.2) is 0 Å². The number of carbonyl (C=O) groups is 2. The molecule has 0 aliphatic heterocycles. The quantitative estimate of drug-likeness (QED) is 0.838. The van der Waals surface area contributed by atoms with E-state index in [4.69, 9.17) is 0 Å². The smallest absolute Gasteiger partial charge is 0.271 e. The number of aryl methyl sites for hydroxylation is 1. The van der Waals surface area contributed by atoms with Gasteiger partial charge in [0, 0.05) is 23.0 Å². The third kappa shape index (κ3) is 3.76. The normalized spacial score (nSPS) is 15.0. The van der Waals surface area contributed by atoms with Gasteiger partial charge in [0.25, 0.3) is 11.8 Å². The van der Waals surface area contributed by atoms with Crippen LogP contribution in [0.2, 0.25) is 0 Å². The Labute approximate surface area is 148 Å². The van der Waals surface area contributed by atoms with E-state index in [1.165, 1.54) is 32.1 Å². The summed E-state index contributed by atoms with van der Waals surface area (Å²) in [6.45, 7) is 4.02. The van der Waals surface area contributed by atoms with Crippen molar-refractivity contribution in [1.29, 1.82) is 0 Å². The van der Waals surface area contributed by atoms with E-state index in [9.17, 15) is 9.59 Å². The summed E-state index contributed by atoms with van der Waals surface area (Å²) in [4.78, 5) is 24.6. The highest BCUT2D eigenvalue weighted by molar-refractivity contribution is 5.99. The van der Waals surface area contributed by atoms with Crippen molar-refractivity contribution in [2.75, 3.05) is 0 Å². The van der Waals surface area contributed by atoms with Crippen LogP contribution in [-0.2, 0) is 0 Å². The van der Waals surface area contributed by atoms with Crippen LogP contribution in [0.1, 0.15) is 70.2 Å². The number of benzene rings is 1. The Kier molecular flexibility index (Phi) is 5.22. The molecular formula is C20H25N3O2. The molecule has 1 aliphatic rings. The van der Waals surface area contributed by atoms with Gasteiger partial charge in [0.15, 0.2) is 0 Å². The summed E-state index contributed by atoms with van der Waals surface area (Å²) >= 11 is 0.